The summed E-state index contributed by atoms with van der Waals surface area (Å²) in [7, 11) is 0. The van der Waals surface area contributed by atoms with E-state index in [1.807, 2.05) is 53.8 Å². The molecule has 5 heteroatoms. The Hall–Kier alpha value is -1.85. The maximum absolute atomic E-state index is 11.7. The van der Waals surface area contributed by atoms with E-state index in [1.165, 1.54) is 0 Å². The van der Waals surface area contributed by atoms with E-state index in [9.17, 15) is 4.79 Å². The van der Waals surface area contributed by atoms with Crippen molar-refractivity contribution in [2.45, 2.75) is 13.0 Å². The SMILES string of the molecule is CCOC(=O)C[NH2+][C@H](c1ccccc1)c1cc(Br)ccc1N. The van der Waals surface area contributed by atoms with E-state index < -0.39 is 0 Å². The molecule has 4 nitrogen and oxygen atoms in total. The van der Waals surface area contributed by atoms with Crippen LogP contribution in [0.25, 0.3) is 0 Å². The van der Waals surface area contributed by atoms with Crippen LogP contribution in [0.2, 0.25) is 0 Å². The van der Waals surface area contributed by atoms with Crippen molar-refractivity contribution in [1.29, 1.82) is 0 Å². The second-order valence-corrected chi connectivity index (χ2v) is 5.82. The van der Waals surface area contributed by atoms with E-state index >= 15 is 0 Å². The maximum Gasteiger partial charge on any atom is 0.361 e. The maximum atomic E-state index is 11.7. The molecule has 2 aromatic carbocycles. The lowest BCUT2D eigenvalue weighted by Crippen LogP contribution is -2.87. The molecule has 0 amide bonds. The molecule has 2 rings (SSSR count). The van der Waals surface area contributed by atoms with Crippen molar-refractivity contribution in [1.82, 2.24) is 0 Å². The van der Waals surface area contributed by atoms with E-state index in [4.69, 9.17) is 10.5 Å². The quantitative estimate of drug-likeness (QED) is 0.610. The molecule has 0 saturated carbocycles. The Morgan fingerprint density at radius 3 is 2.68 bits per heavy atom. The fourth-order valence-corrected chi connectivity index (χ4v) is 2.73. The fourth-order valence-electron chi connectivity index (χ4n) is 2.35. The van der Waals surface area contributed by atoms with Gasteiger partial charge in [-0.25, -0.2) is 4.79 Å². The van der Waals surface area contributed by atoms with Crippen LogP contribution in [-0.2, 0) is 9.53 Å². The Labute approximate surface area is 138 Å². The van der Waals surface area contributed by atoms with Crippen molar-refractivity contribution in [3.05, 3.63) is 64.1 Å². The van der Waals surface area contributed by atoms with E-state index in [-0.39, 0.29) is 18.6 Å². The molecule has 0 aromatic heterocycles. The van der Waals surface area contributed by atoms with Gasteiger partial charge >= 0.3 is 5.97 Å². The number of carbonyl (C=O) groups excluding carboxylic acids is 1. The van der Waals surface area contributed by atoms with Gasteiger partial charge < -0.3 is 15.8 Å². The summed E-state index contributed by atoms with van der Waals surface area (Å²) in [5.41, 5.74) is 8.91. The number of ether oxygens (including phenoxy) is 1. The minimum absolute atomic E-state index is 0.0527. The molecule has 0 aliphatic rings. The average Bonchev–Trinajstić information content (AvgIpc) is 2.52. The van der Waals surface area contributed by atoms with Crippen LogP contribution in [0.15, 0.2) is 53.0 Å². The number of hydrogen-bond acceptors (Lipinski definition) is 3. The number of esters is 1. The molecule has 0 spiro atoms. The molecule has 0 unspecified atom stereocenters. The van der Waals surface area contributed by atoms with E-state index in [2.05, 4.69) is 15.9 Å². The van der Waals surface area contributed by atoms with Gasteiger partial charge in [0.25, 0.3) is 0 Å². The molecule has 0 bridgehead atoms. The van der Waals surface area contributed by atoms with Gasteiger partial charge in [0.1, 0.15) is 6.04 Å². The van der Waals surface area contributed by atoms with Crippen molar-refractivity contribution in [2.24, 2.45) is 0 Å². The van der Waals surface area contributed by atoms with Crippen molar-refractivity contribution in [3.63, 3.8) is 0 Å². The second kappa shape index (κ2) is 7.96. The summed E-state index contributed by atoms with van der Waals surface area (Å²) in [6.07, 6.45) is 0. The topological polar surface area (TPSA) is 68.9 Å². The summed E-state index contributed by atoms with van der Waals surface area (Å²) in [4.78, 5) is 11.7. The average molecular weight is 364 g/mol. The molecule has 0 saturated heterocycles. The van der Waals surface area contributed by atoms with Crippen LogP contribution < -0.4 is 11.1 Å². The fraction of sp³-hybridized carbons (Fsp3) is 0.235. The third-order valence-electron chi connectivity index (χ3n) is 3.37. The third kappa shape index (κ3) is 4.32. The molecule has 0 radical (unpaired) electrons. The zero-order chi connectivity index (χ0) is 15.9. The Bertz CT molecular complexity index is 632. The molecular weight excluding hydrogens is 344 g/mol. The molecule has 22 heavy (non-hydrogen) atoms. The van der Waals surface area contributed by atoms with E-state index in [0.717, 1.165) is 15.6 Å². The van der Waals surface area contributed by atoms with Gasteiger partial charge in [0, 0.05) is 21.3 Å². The highest BCUT2D eigenvalue weighted by atomic mass is 79.9. The van der Waals surface area contributed by atoms with Gasteiger partial charge in [0.2, 0.25) is 0 Å². The highest BCUT2D eigenvalue weighted by molar-refractivity contribution is 9.10. The van der Waals surface area contributed by atoms with Crippen LogP contribution in [0.3, 0.4) is 0 Å². The summed E-state index contributed by atoms with van der Waals surface area (Å²) >= 11 is 3.48. The number of nitrogens with two attached hydrogens (primary N) is 2. The minimum Gasteiger partial charge on any atom is -0.462 e. The Morgan fingerprint density at radius 1 is 1.27 bits per heavy atom. The lowest BCUT2D eigenvalue weighted by molar-refractivity contribution is -0.677. The smallest absolute Gasteiger partial charge is 0.361 e. The molecule has 0 heterocycles. The number of nitrogen functional groups attached to an aromatic ring is 1. The predicted molar refractivity (Wildman–Crippen MR) is 90.3 cm³/mol. The summed E-state index contributed by atoms with van der Waals surface area (Å²) in [5, 5.41) is 1.95. The molecule has 0 aliphatic heterocycles. The molecule has 0 aliphatic carbocycles. The van der Waals surface area contributed by atoms with Gasteiger partial charge in [0.15, 0.2) is 6.54 Å². The van der Waals surface area contributed by atoms with Crippen LogP contribution in [-0.4, -0.2) is 19.1 Å². The zero-order valence-corrected chi connectivity index (χ0v) is 14.0. The second-order valence-electron chi connectivity index (χ2n) is 4.91. The lowest BCUT2D eigenvalue weighted by Gasteiger charge is -2.18. The predicted octanol–water partition coefficient (Wildman–Crippen LogP) is 2.25. The largest absolute Gasteiger partial charge is 0.462 e. The number of benzene rings is 2. The minimum atomic E-state index is -0.225. The molecule has 4 N–H and O–H groups in total. The number of rotatable bonds is 6. The number of anilines is 1. The summed E-state index contributed by atoms with van der Waals surface area (Å²) < 4.78 is 5.97. The summed E-state index contributed by atoms with van der Waals surface area (Å²) in [6.45, 7) is 2.44. The Morgan fingerprint density at radius 2 is 2.00 bits per heavy atom. The number of quaternary nitrogens is 1. The molecule has 2 aromatic rings. The van der Waals surface area contributed by atoms with Gasteiger partial charge in [-0.05, 0) is 25.1 Å². The normalized spacial score (nSPS) is 11.9. The standard InChI is InChI=1S/C17H19BrN2O2/c1-2-22-16(21)11-20-17(12-6-4-3-5-7-12)14-10-13(18)8-9-15(14)19/h3-10,17,20H,2,11,19H2,1H3/p+1/t17-/m1/s1. The highest BCUT2D eigenvalue weighted by Crippen LogP contribution is 2.26. The highest BCUT2D eigenvalue weighted by Gasteiger charge is 2.21. The van der Waals surface area contributed by atoms with E-state index in [1.54, 1.807) is 6.92 Å². The van der Waals surface area contributed by atoms with Gasteiger partial charge in [-0.2, -0.15) is 0 Å². The van der Waals surface area contributed by atoms with Gasteiger partial charge in [-0.15, -0.1) is 0 Å². The van der Waals surface area contributed by atoms with Gasteiger partial charge in [0.05, 0.1) is 6.61 Å². The van der Waals surface area contributed by atoms with Gasteiger partial charge in [-0.3, -0.25) is 0 Å². The first-order chi connectivity index (χ1) is 10.6. The first-order valence-corrected chi connectivity index (χ1v) is 8.00. The van der Waals surface area contributed by atoms with Crippen LogP contribution in [0.5, 0.6) is 0 Å². The van der Waals surface area contributed by atoms with Crippen LogP contribution in [0.4, 0.5) is 5.69 Å². The monoisotopic (exact) mass is 363 g/mol. The third-order valence-corrected chi connectivity index (χ3v) is 3.86. The molecular formula is C17H20BrN2O2+. The first kappa shape index (κ1) is 16.5. The van der Waals surface area contributed by atoms with Crippen LogP contribution in [0.1, 0.15) is 24.1 Å². The zero-order valence-electron chi connectivity index (χ0n) is 12.5. The van der Waals surface area contributed by atoms with Gasteiger partial charge in [-0.1, -0.05) is 46.3 Å². The first-order valence-electron chi connectivity index (χ1n) is 7.20. The molecule has 1 atom stereocenters. The Kier molecular flexibility index (Phi) is 5.98. The number of carbonyl (C=O) groups is 1. The lowest BCUT2D eigenvalue weighted by atomic mass is 9.97. The van der Waals surface area contributed by atoms with Crippen molar-refractivity contribution < 1.29 is 14.8 Å². The van der Waals surface area contributed by atoms with E-state index in [0.29, 0.717) is 12.3 Å². The Balaban J connectivity index is 2.29. The van der Waals surface area contributed by atoms with Crippen molar-refractivity contribution in [3.8, 4) is 0 Å². The molecule has 116 valence electrons. The summed E-state index contributed by atoms with van der Waals surface area (Å²) in [5.74, 6) is -0.225. The van der Waals surface area contributed by atoms with Crippen LogP contribution >= 0.6 is 15.9 Å². The van der Waals surface area contributed by atoms with Crippen molar-refractivity contribution >= 4 is 27.6 Å². The number of halogens is 1. The summed E-state index contributed by atoms with van der Waals surface area (Å²) in [6, 6.07) is 15.7. The van der Waals surface area contributed by atoms with Crippen LogP contribution in [0, 0.1) is 0 Å². The molecule has 0 fully saturated rings. The number of hydrogen-bond donors (Lipinski definition) is 2. The van der Waals surface area contributed by atoms with Crippen molar-refractivity contribution in [2.75, 3.05) is 18.9 Å².